The first-order valence-electron chi connectivity index (χ1n) is 10.9. The Morgan fingerprint density at radius 1 is 0.973 bits per heavy atom. The van der Waals surface area contributed by atoms with Gasteiger partial charge in [0, 0.05) is 71.1 Å². The van der Waals surface area contributed by atoms with E-state index in [1.807, 2.05) is 48.7 Å². The van der Waals surface area contributed by atoms with Crippen molar-refractivity contribution in [1.29, 1.82) is 5.26 Å². The van der Waals surface area contributed by atoms with E-state index in [1.165, 1.54) is 0 Å². The Balaban J connectivity index is 0.000000747. The largest absolute Gasteiger partial charge is 0.360 e. The molecule has 0 atom stereocenters. The number of rotatable bonds is 4. The van der Waals surface area contributed by atoms with Crippen LogP contribution in [0.15, 0.2) is 81.9 Å². The fraction of sp³-hybridized carbons (Fsp3) is 0.0714. The van der Waals surface area contributed by atoms with Gasteiger partial charge in [-0.05, 0) is 60.2 Å². The van der Waals surface area contributed by atoms with Crippen LogP contribution in [0.4, 0.5) is 0 Å². The Morgan fingerprint density at radius 2 is 1.59 bits per heavy atom. The number of carbonyl (C=O) groups excluding carboxylic acids is 1. The molecular formula is C28H20Br2ClN3O2S. The highest BCUT2D eigenvalue weighted by atomic mass is 79.9. The summed E-state index contributed by atoms with van der Waals surface area (Å²) in [5.41, 5.74) is 4.94. The number of ketones is 1. The molecule has 0 aliphatic heterocycles. The van der Waals surface area contributed by atoms with E-state index in [-0.39, 0.29) is 5.78 Å². The second-order valence-corrected chi connectivity index (χ2v) is 12.0. The van der Waals surface area contributed by atoms with Crippen molar-refractivity contribution in [3.63, 3.8) is 0 Å². The quantitative estimate of drug-likeness (QED) is 0.192. The van der Waals surface area contributed by atoms with Gasteiger partial charge in [0.15, 0.2) is 0 Å². The molecule has 5 aromatic rings. The lowest BCUT2D eigenvalue weighted by molar-refractivity contribution is 0.103. The number of halogens is 3. The molecule has 5 rings (SSSR count). The minimum absolute atomic E-state index is 0.214. The van der Waals surface area contributed by atoms with E-state index in [9.17, 15) is 14.3 Å². The van der Waals surface area contributed by atoms with Crippen LogP contribution in [0.5, 0.6) is 0 Å². The molecular weight excluding hydrogens is 638 g/mol. The van der Waals surface area contributed by atoms with E-state index in [4.69, 9.17) is 11.6 Å². The molecule has 3 aromatic carbocycles. The summed E-state index contributed by atoms with van der Waals surface area (Å²) in [6.07, 6.45) is 5.13. The fourth-order valence-electron chi connectivity index (χ4n) is 3.93. The first kappa shape index (κ1) is 27.1. The van der Waals surface area contributed by atoms with E-state index in [0.29, 0.717) is 33.1 Å². The average Bonchev–Trinajstić information content (AvgIpc) is 3.45. The van der Waals surface area contributed by atoms with Crippen LogP contribution < -0.4 is 0 Å². The molecule has 0 aliphatic carbocycles. The third-order valence-electron chi connectivity index (χ3n) is 5.49. The van der Waals surface area contributed by atoms with Gasteiger partial charge in [0.1, 0.15) is 6.07 Å². The number of nitrogens with zero attached hydrogens (tertiary/aromatic N) is 1. The maximum atomic E-state index is 13.6. The Labute approximate surface area is 238 Å². The lowest BCUT2D eigenvalue weighted by Gasteiger charge is -2.05. The third kappa shape index (κ3) is 5.97. The topological polar surface area (TPSA) is 89.5 Å². The van der Waals surface area contributed by atoms with Gasteiger partial charge in [-0.15, -0.1) is 0 Å². The maximum Gasteiger partial charge on any atom is 0.209 e. The van der Waals surface area contributed by atoms with Gasteiger partial charge in [-0.1, -0.05) is 55.6 Å². The normalized spacial score (nSPS) is 10.7. The molecule has 186 valence electrons. The monoisotopic (exact) mass is 655 g/mol. The van der Waals surface area contributed by atoms with Gasteiger partial charge >= 0.3 is 0 Å². The predicted octanol–water partition coefficient (Wildman–Crippen LogP) is 8.11. The summed E-state index contributed by atoms with van der Waals surface area (Å²) >= 11 is 13.0. The summed E-state index contributed by atoms with van der Waals surface area (Å²) in [5.74, 6) is -0.214. The molecule has 9 heteroatoms. The molecule has 0 spiro atoms. The smallest absolute Gasteiger partial charge is 0.209 e. The molecule has 37 heavy (non-hydrogen) atoms. The van der Waals surface area contributed by atoms with Crippen molar-refractivity contribution in [3.8, 4) is 28.5 Å². The van der Waals surface area contributed by atoms with E-state index >= 15 is 0 Å². The summed E-state index contributed by atoms with van der Waals surface area (Å²) in [6, 6.07) is 22.5. The molecule has 0 unspecified atom stereocenters. The van der Waals surface area contributed by atoms with E-state index in [2.05, 4.69) is 47.9 Å². The highest BCUT2D eigenvalue weighted by Crippen LogP contribution is 2.39. The second kappa shape index (κ2) is 11.6. The maximum absolute atomic E-state index is 13.6. The van der Waals surface area contributed by atoms with Crippen LogP contribution in [-0.2, 0) is 10.8 Å². The van der Waals surface area contributed by atoms with E-state index in [0.717, 1.165) is 31.0 Å². The lowest BCUT2D eigenvalue weighted by atomic mass is 9.96. The zero-order chi connectivity index (χ0) is 26.7. The van der Waals surface area contributed by atoms with Crippen molar-refractivity contribution < 1.29 is 9.00 Å². The number of aromatic nitrogens is 2. The van der Waals surface area contributed by atoms with Gasteiger partial charge < -0.3 is 9.97 Å². The van der Waals surface area contributed by atoms with E-state index < -0.39 is 10.8 Å². The Morgan fingerprint density at radius 3 is 2.22 bits per heavy atom. The van der Waals surface area contributed by atoms with Crippen molar-refractivity contribution in [1.82, 2.24) is 9.97 Å². The van der Waals surface area contributed by atoms with Crippen molar-refractivity contribution in [2.75, 3.05) is 12.5 Å². The summed E-state index contributed by atoms with van der Waals surface area (Å²) in [7, 11) is -0.611. The van der Waals surface area contributed by atoms with Gasteiger partial charge in [-0.2, -0.15) is 5.26 Å². The SMILES string of the molecule is CS(C)=O.N#Cc1c(-c2c[nH]c3ccc(Br)cc23)[nH]c(C(=O)c2ccc(Cl)cc2)c1-c1ccc(Br)cc1. The Kier molecular flexibility index (Phi) is 8.50. The average molecular weight is 658 g/mol. The van der Waals surface area contributed by atoms with Crippen molar-refractivity contribution >= 4 is 70.9 Å². The van der Waals surface area contributed by atoms with Gasteiger partial charge in [0.25, 0.3) is 0 Å². The van der Waals surface area contributed by atoms with Crippen LogP contribution >= 0.6 is 43.5 Å². The zero-order valence-electron chi connectivity index (χ0n) is 19.7. The van der Waals surface area contributed by atoms with E-state index in [1.54, 1.807) is 36.8 Å². The number of nitriles is 1. The Hall–Kier alpha value is -2.96. The van der Waals surface area contributed by atoms with Crippen LogP contribution in [0.2, 0.25) is 5.02 Å². The van der Waals surface area contributed by atoms with Crippen molar-refractivity contribution in [2.45, 2.75) is 0 Å². The van der Waals surface area contributed by atoms with Gasteiger partial charge in [-0.3, -0.25) is 9.00 Å². The summed E-state index contributed by atoms with van der Waals surface area (Å²) < 4.78 is 11.4. The minimum Gasteiger partial charge on any atom is -0.360 e. The van der Waals surface area contributed by atoms with Crippen molar-refractivity contribution in [3.05, 3.63) is 104 Å². The fourth-order valence-corrected chi connectivity index (χ4v) is 4.69. The van der Waals surface area contributed by atoms with Crippen LogP contribution in [-0.4, -0.2) is 32.5 Å². The number of hydrogen-bond donors (Lipinski definition) is 2. The third-order valence-corrected chi connectivity index (χ3v) is 6.77. The van der Waals surface area contributed by atoms with Gasteiger partial charge in [0.05, 0.1) is 17.0 Å². The molecule has 2 N–H and O–H groups in total. The highest BCUT2D eigenvalue weighted by Gasteiger charge is 2.26. The zero-order valence-corrected chi connectivity index (χ0v) is 24.5. The molecule has 5 nitrogen and oxygen atoms in total. The summed E-state index contributed by atoms with van der Waals surface area (Å²) in [6.45, 7) is 0. The Bertz CT molecular complexity index is 1660. The number of hydrogen-bond acceptors (Lipinski definition) is 3. The van der Waals surface area contributed by atoms with Crippen LogP contribution in [0.3, 0.4) is 0 Å². The molecule has 2 aromatic heterocycles. The first-order chi connectivity index (χ1) is 17.7. The van der Waals surface area contributed by atoms with Crippen LogP contribution in [0.25, 0.3) is 33.3 Å². The molecule has 0 saturated carbocycles. The number of H-pyrrole nitrogens is 2. The van der Waals surface area contributed by atoms with Crippen LogP contribution in [0, 0.1) is 11.3 Å². The molecule has 0 bridgehead atoms. The van der Waals surface area contributed by atoms with Crippen LogP contribution in [0.1, 0.15) is 21.6 Å². The molecule has 0 radical (unpaired) electrons. The summed E-state index contributed by atoms with van der Waals surface area (Å²) in [4.78, 5) is 20.1. The highest BCUT2D eigenvalue weighted by molar-refractivity contribution is 9.10. The molecule has 0 fully saturated rings. The molecule has 0 amide bonds. The minimum atomic E-state index is -0.611. The number of fused-ring (bicyclic) bond motifs is 1. The molecule has 2 heterocycles. The number of aromatic amines is 2. The molecule has 0 aliphatic rings. The number of carbonyl (C=O) groups is 1. The second-order valence-electron chi connectivity index (χ2n) is 8.21. The first-order valence-corrected chi connectivity index (χ1v) is 14.9. The van der Waals surface area contributed by atoms with Gasteiger partial charge in [-0.25, -0.2) is 0 Å². The lowest BCUT2D eigenvalue weighted by Crippen LogP contribution is -2.03. The van der Waals surface area contributed by atoms with Gasteiger partial charge in [0.2, 0.25) is 5.78 Å². The van der Waals surface area contributed by atoms with Crippen molar-refractivity contribution in [2.24, 2.45) is 0 Å². The molecule has 0 saturated heterocycles. The summed E-state index contributed by atoms with van der Waals surface area (Å²) in [5, 5.41) is 11.7. The predicted molar refractivity (Wildman–Crippen MR) is 159 cm³/mol. The number of benzene rings is 3. The standard InChI is InChI=1S/C26H14Br2ClN3O.C2H6OS/c27-16-5-1-14(2-6-16)23-20(12-30)24(21-13-31-22-10-7-17(28)11-19(21)22)32-25(23)26(33)15-3-8-18(29)9-4-15;1-4(2)3/h1-11,13,31-32H;1-2H3. The number of nitrogens with one attached hydrogen (secondary N) is 2.